The minimum atomic E-state index is -0.186. The van der Waals surface area contributed by atoms with E-state index < -0.39 is 0 Å². The third kappa shape index (κ3) is 2.47. The van der Waals surface area contributed by atoms with Gasteiger partial charge in [0.15, 0.2) is 0 Å². The predicted molar refractivity (Wildman–Crippen MR) is 78.7 cm³/mol. The molecule has 3 nitrogen and oxygen atoms in total. The van der Waals surface area contributed by atoms with Crippen molar-refractivity contribution in [1.82, 2.24) is 4.90 Å². The maximum absolute atomic E-state index is 9.96. The van der Waals surface area contributed by atoms with Crippen LogP contribution in [0.4, 0.5) is 5.69 Å². The predicted octanol–water partition coefficient (Wildman–Crippen LogP) is 2.74. The highest BCUT2D eigenvalue weighted by Gasteiger charge is 2.47. The normalized spacial score (nSPS) is 31.2. The van der Waals surface area contributed by atoms with Crippen LogP contribution in [-0.2, 0) is 0 Å². The molecule has 4 heteroatoms. The Hall–Kier alpha value is -0.770. The standard InChI is InChI=1S/C15H21ClN2O/c16-12-4-6-13(7-5-12)17-15(11-19)8-10-18-9-2-1-3-14(15)18/h4-7,14,17,19H,1-3,8-11H2. The zero-order valence-electron chi connectivity index (χ0n) is 11.1. The molecule has 1 aromatic rings. The lowest BCUT2D eigenvalue weighted by Crippen LogP contribution is -2.54. The molecule has 0 radical (unpaired) electrons. The first-order valence-electron chi connectivity index (χ1n) is 7.12. The number of benzene rings is 1. The summed E-state index contributed by atoms with van der Waals surface area (Å²) in [5, 5.41) is 14.3. The Labute approximate surface area is 119 Å². The number of fused-ring (bicyclic) bond motifs is 1. The van der Waals surface area contributed by atoms with Gasteiger partial charge in [0, 0.05) is 23.3 Å². The van der Waals surface area contributed by atoms with Crippen molar-refractivity contribution in [1.29, 1.82) is 0 Å². The Bertz CT molecular complexity index is 436. The zero-order valence-corrected chi connectivity index (χ0v) is 11.9. The first-order valence-corrected chi connectivity index (χ1v) is 7.50. The molecule has 2 atom stereocenters. The summed E-state index contributed by atoms with van der Waals surface area (Å²) < 4.78 is 0. The van der Waals surface area contributed by atoms with Crippen LogP contribution in [0.2, 0.25) is 5.02 Å². The largest absolute Gasteiger partial charge is 0.394 e. The van der Waals surface area contributed by atoms with Crippen LogP contribution in [0.1, 0.15) is 25.7 Å². The van der Waals surface area contributed by atoms with Gasteiger partial charge in [-0.1, -0.05) is 18.0 Å². The van der Waals surface area contributed by atoms with E-state index >= 15 is 0 Å². The van der Waals surface area contributed by atoms with Crippen molar-refractivity contribution in [3.63, 3.8) is 0 Å². The maximum Gasteiger partial charge on any atom is 0.0770 e. The van der Waals surface area contributed by atoms with Crippen LogP contribution in [-0.4, -0.2) is 41.3 Å². The van der Waals surface area contributed by atoms with E-state index in [0.717, 1.165) is 23.7 Å². The van der Waals surface area contributed by atoms with Crippen LogP contribution in [0.25, 0.3) is 0 Å². The summed E-state index contributed by atoms with van der Waals surface area (Å²) in [6.07, 6.45) is 4.75. The number of piperidine rings is 1. The van der Waals surface area contributed by atoms with Crippen molar-refractivity contribution < 1.29 is 5.11 Å². The number of rotatable bonds is 3. The van der Waals surface area contributed by atoms with Gasteiger partial charge in [-0.25, -0.2) is 0 Å². The highest BCUT2D eigenvalue weighted by molar-refractivity contribution is 6.30. The van der Waals surface area contributed by atoms with E-state index in [4.69, 9.17) is 11.6 Å². The molecule has 0 spiro atoms. The highest BCUT2D eigenvalue weighted by Crippen LogP contribution is 2.37. The number of nitrogens with one attached hydrogen (secondary N) is 1. The Balaban J connectivity index is 1.81. The van der Waals surface area contributed by atoms with Gasteiger partial charge in [0.25, 0.3) is 0 Å². The Morgan fingerprint density at radius 3 is 2.79 bits per heavy atom. The molecule has 2 fully saturated rings. The molecule has 2 N–H and O–H groups in total. The van der Waals surface area contributed by atoms with Crippen LogP contribution in [0.15, 0.2) is 24.3 Å². The van der Waals surface area contributed by atoms with E-state index in [2.05, 4.69) is 10.2 Å². The highest BCUT2D eigenvalue weighted by atomic mass is 35.5. The number of nitrogens with zero attached hydrogens (tertiary/aromatic N) is 1. The second kappa shape index (κ2) is 5.31. The second-order valence-corrected chi connectivity index (χ2v) is 6.18. The van der Waals surface area contributed by atoms with Gasteiger partial charge in [-0.3, -0.25) is 4.90 Å². The summed E-state index contributed by atoms with van der Waals surface area (Å²) in [6, 6.07) is 8.23. The molecule has 19 heavy (non-hydrogen) atoms. The van der Waals surface area contributed by atoms with Crippen LogP contribution < -0.4 is 5.32 Å². The summed E-state index contributed by atoms with van der Waals surface area (Å²) in [6.45, 7) is 2.46. The van der Waals surface area contributed by atoms with Gasteiger partial charge in [0.2, 0.25) is 0 Å². The topological polar surface area (TPSA) is 35.5 Å². The number of halogens is 1. The SMILES string of the molecule is OCC1(Nc2ccc(Cl)cc2)CCN2CCCCC21. The first-order chi connectivity index (χ1) is 9.23. The van der Waals surface area contributed by atoms with E-state index in [1.54, 1.807) is 0 Å². The summed E-state index contributed by atoms with van der Waals surface area (Å²) in [4.78, 5) is 2.53. The molecule has 0 bridgehead atoms. The van der Waals surface area contributed by atoms with E-state index in [-0.39, 0.29) is 12.1 Å². The number of anilines is 1. The van der Waals surface area contributed by atoms with E-state index in [9.17, 15) is 5.11 Å². The molecular weight excluding hydrogens is 260 g/mol. The molecule has 3 rings (SSSR count). The van der Waals surface area contributed by atoms with E-state index in [1.807, 2.05) is 24.3 Å². The van der Waals surface area contributed by atoms with Gasteiger partial charge < -0.3 is 10.4 Å². The molecular formula is C15H21ClN2O. The van der Waals surface area contributed by atoms with Crippen molar-refractivity contribution in [3.05, 3.63) is 29.3 Å². The third-order valence-corrected chi connectivity index (χ3v) is 4.87. The Morgan fingerprint density at radius 1 is 1.26 bits per heavy atom. The fourth-order valence-corrected chi connectivity index (χ4v) is 3.71. The fraction of sp³-hybridized carbons (Fsp3) is 0.600. The van der Waals surface area contributed by atoms with Gasteiger partial charge in [-0.2, -0.15) is 0 Å². The average Bonchev–Trinajstić information content (AvgIpc) is 2.81. The first kappa shape index (κ1) is 13.2. The van der Waals surface area contributed by atoms with Gasteiger partial charge in [0.05, 0.1) is 12.1 Å². The molecule has 2 saturated heterocycles. The lowest BCUT2D eigenvalue weighted by atomic mass is 9.86. The lowest BCUT2D eigenvalue weighted by molar-refractivity contribution is 0.123. The number of hydrogen-bond donors (Lipinski definition) is 2. The molecule has 0 saturated carbocycles. The van der Waals surface area contributed by atoms with Crippen molar-refractivity contribution in [2.24, 2.45) is 0 Å². The molecule has 2 aliphatic heterocycles. The minimum absolute atomic E-state index is 0.186. The molecule has 0 aliphatic carbocycles. The molecule has 2 heterocycles. The zero-order chi connectivity index (χ0) is 13.3. The number of aliphatic hydroxyl groups excluding tert-OH is 1. The second-order valence-electron chi connectivity index (χ2n) is 5.74. The van der Waals surface area contributed by atoms with E-state index in [0.29, 0.717) is 6.04 Å². The third-order valence-electron chi connectivity index (χ3n) is 4.62. The van der Waals surface area contributed by atoms with Gasteiger partial charge in [-0.15, -0.1) is 0 Å². The minimum Gasteiger partial charge on any atom is -0.394 e. The van der Waals surface area contributed by atoms with Crippen LogP contribution in [0, 0.1) is 0 Å². The van der Waals surface area contributed by atoms with Crippen LogP contribution in [0.5, 0.6) is 0 Å². The summed E-state index contributed by atoms with van der Waals surface area (Å²) in [5.74, 6) is 0. The quantitative estimate of drug-likeness (QED) is 0.894. The number of hydrogen-bond acceptors (Lipinski definition) is 3. The van der Waals surface area contributed by atoms with Crippen molar-refractivity contribution >= 4 is 17.3 Å². The maximum atomic E-state index is 9.96. The molecule has 0 aromatic heterocycles. The summed E-state index contributed by atoms with van der Waals surface area (Å²) in [7, 11) is 0. The van der Waals surface area contributed by atoms with Crippen molar-refractivity contribution in [3.8, 4) is 0 Å². The molecule has 2 unspecified atom stereocenters. The van der Waals surface area contributed by atoms with E-state index in [1.165, 1.54) is 25.8 Å². The molecule has 2 aliphatic rings. The van der Waals surface area contributed by atoms with Crippen LogP contribution >= 0.6 is 11.6 Å². The Kier molecular flexibility index (Phi) is 3.70. The molecule has 104 valence electrons. The average molecular weight is 281 g/mol. The van der Waals surface area contributed by atoms with Crippen molar-refractivity contribution in [2.45, 2.75) is 37.3 Å². The Morgan fingerprint density at radius 2 is 2.05 bits per heavy atom. The molecule has 0 amide bonds. The van der Waals surface area contributed by atoms with Crippen molar-refractivity contribution in [2.75, 3.05) is 25.0 Å². The number of aliphatic hydroxyl groups is 1. The molecule has 1 aromatic carbocycles. The summed E-state index contributed by atoms with van der Waals surface area (Å²) >= 11 is 5.92. The van der Waals surface area contributed by atoms with Crippen LogP contribution in [0.3, 0.4) is 0 Å². The lowest BCUT2D eigenvalue weighted by Gasteiger charge is -2.40. The van der Waals surface area contributed by atoms with Gasteiger partial charge in [0.1, 0.15) is 0 Å². The van der Waals surface area contributed by atoms with Gasteiger partial charge >= 0.3 is 0 Å². The van der Waals surface area contributed by atoms with Gasteiger partial charge in [-0.05, 0) is 50.1 Å². The fourth-order valence-electron chi connectivity index (χ4n) is 3.58. The summed E-state index contributed by atoms with van der Waals surface area (Å²) in [5.41, 5.74) is 0.861. The monoisotopic (exact) mass is 280 g/mol. The smallest absolute Gasteiger partial charge is 0.0770 e.